The molecule has 3 aromatic carbocycles. The summed E-state index contributed by atoms with van der Waals surface area (Å²) in [7, 11) is -4.67. The smallest absolute Gasteiger partial charge is 0.394 e. The predicted octanol–water partition coefficient (Wildman–Crippen LogP) is 3.72. The maximum Gasteiger partial charge on any atom is 0.394 e. The number of hydrazone groups is 1. The average Bonchev–Trinajstić information content (AvgIpc) is 2.64. The molecule has 9 heteroatoms. The predicted molar refractivity (Wildman–Crippen MR) is 107 cm³/mol. The van der Waals surface area contributed by atoms with E-state index in [9.17, 15) is 4.79 Å². The number of anilines is 1. The molecule has 0 amide bonds. The zero-order chi connectivity index (χ0) is 20.7. The molecule has 4 N–H and O–H groups in total. The monoisotopic (exact) mass is 402 g/mol. The Morgan fingerprint density at radius 3 is 2.00 bits per heavy atom. The summed E-state index contributed by atoms with van der Waals surface area (Å²) in [6.07, 6.45) is 0. The lowest BCUT2D eigenvalue weighted by Crippen LogP contribution is -2.00. The second-order valence-electron chi connectivity index (χ2n) is 5.70. The van der Waals surface area contributed by atoms with Crippen LogP contribution in [0.5, 0.6) is 0 Å². The van der Waals surface area contributed by atoms with E-state index in [4.69, 9.17) is 22.6 Å². The van der Waals surface area contributed by atoms with Gasteiger partial charge in [0.05, 0.1) is 17.0 Å². The second kappa shape index (κ2) is 9.09. The van der Waals surface area contributed by atoms with Crippen molar-refractivity contribution < 1.29 is 27.4 Å². The lowest BCUT2D eigenvalue weighted by atomic mass is 10.0. The Morgan fingerprint density at radius 2 is 1.43 bits per heavy atom. The Kier molecular flexibility index (Phi) is 6.83. The lowest BCUT2D eigenvalue weighted by molar-refractivity contribution is 0.0697. The van der Waals surface area contributed by atoms with Crippen LogP contribution in [0.15, 0.2) is 71.8 Å². The minimum atomic E-state index is -4.67. The van der Waals surface area contributed by atoms with Crippen LogP contribution in [0.2, 0.25) is 0 Å². The number of nitrogens with one attached hydrogen (secondary N) is 1. The summed E-state index contributed by atoms with van der Waals surface area (Å²) in [6, 6.07) is 20.9. The number of fused-ring (bicyclic) bond motifs is 1. The van der Waals surface area contributed by atoms with Crippen LogP contribution in [0.1, 0.15) is 22.8 Å². The fourth-order valence-corrected chi connectivity index (χ4v) is 2.31. The maximum atomic E-state index is 10.8. The number of nitrogens with zero attached hydrogens (tertiary/aromatic N) is 1. The van der Waals surface area contributed by atoms with Crippen molar-refractivity contribution in [3.63, 3.8) is 0 Å². The number of aromatic carboxylic acids is 1. The van der Waals surface area contributed by atoms with Gasteiger partial charge in [-0.2, -0.15) is 13.5 Å². The molecule has 0 spiro atoms. The third kappa shape index (κ3) is 6.80. The standard InChI is InChI=1S/C19H16N2O2.H2O4S/c1-13(16-7-6-14-4-2-3-5-17(14)12-16)20-21-18-10-8-15(9-11-18)19(22)23;1-5(2,3)4/h2-12,21H,1H3,(H,22,23);(H2,1,2,3,4)/b20-13+;. The minimum Gasteiger partial charge on any atom is -0.478 e. The summed E-state index contributed by atoms with van der Waals surface area (Å²) in [6.45, 7) is 1.93. The van der Waals surface area contributed by atoms with Crippen LogP contribution in [0, 0.1) is 0 Å². The SMILES string of the molecule is C/C(=N\Nc1ccc(C(=O)O)cc1)c1ccc2ccccc2c1.O=S(=O)(O)O. The normalized spacial score (nSPS) is 11.5. The van der Waals surface area contributed by atoms with Crippen molar-refractivity contribution in [2.24, 2.45) is 5.10 Å². The summed E-state index contributed by atoms with van der Waals surface area (Å²) in [5.74, 6) is -0.938. The first-order valence-corrected chi connectivity index (χ1v) is 9.36. The molecule has 28 heavy (non-hydrogen) atoms. The van der Waals surface area contributed by atoms with E-state index in [1.807, 2.05) is 25.1 Å². The van der Waals surface area contributed by atoms with Crippen LogP contribution in [-0.4, -0.2) is 34.3 Å². The Morgan fingerprint density at radius 1 is 0.893 bits per heavy atom. The van der Waals surface area contributed by atoms with Gasteiger partial charge < -0.3 is 5.11 Å². The Balaban J connectivity index is 0.000000500. The van der Waals surface area contributed by atoms with E-state index in [1.165, 1.54) is 10.8 Å². The molecular formula is C19H18N2O6S. The number of benzene rings is 3. The molecular weight excluding hydrogens is 384 g/mol. The van der Waals surface area contributed by atoms with Gasteiger partial charge in [0.2, 0.25) is 0 Å². The number of hydrogen-bond acceptors (Lipinski definition) is 5. The van der Waals surface area contributed by atoms with E-state index in [-0.39, 0.29) is 5.56 Å². The lowest BCUT2D eigenvalue weighted by Gasteiger charge is -2.05. The number of carboxylic acids is 1. The van der Waals surface area contributed by atoms with Gasteiger partial charge >= 0.3 is 16.4 Å². The zero-order valence-corrected chi connectivity index (χ0v) is 15.6. The van der Waals surface area contributed by atoms with Gasteiger partial charge in [-0.1, -0.05) is 36.4 Å². The molecule has 3 rings (SSSR count). The molecule has 0 aliphatic rings. The molecule has 3 aromatic rings. The Bertz CT molecular complexity index is 1100. The van der Waals surface area contributed by atoms with E-state index in [2.05, 4.69) is 34.8 Å². The summed E-state index contributed by atoms with van der Waals surface area (Å²) < 4.78 is 31.6. The van der Waals surface area contributed by atoms with Crippen molar-refractivity contribution in [1.82, 2.24) is 0 Å². The van der Waals surface area contributed by atoms with Gasteiger partial charge in [0.15, 0.2) is 0 Å². The largest absolute Gasteiger partial charge is 0.478 e. The quantitative estimate of drug-likeness (QED) is 0.296. The molecule has 0 aromatic heterocycles. The van der Waals surface area contributed by atoms with Crippen LogP contribution in [0.4, 0.5) is 5.69 Å². The van der Waals surface area contributed by atoms with E-state index < -0.39 is 16.4 Å². The van der Waals surface area contributed by atoms with E-state index >= 15 is 0 Å². The molecule has 0 saturated heterocycles. The average molecular weight is 402 g/mol. The Hall–Kier alpha value is -3.27. The molecule has 0 aliphatic carbocycles. The highest BCUT2D eigenvalue weighted by Gasteiger charge is 2.02. The molecule has 0 unspecified atom stereocenters. The minimum absolute atomic E-state index is 0.255. The molecule has 0 bridgehead atoms. The molecule has 8 nitrogen and oxygen atoms in total. The van der Waals surface area contributed by atoms with Gasteiger partial charge in [0.1, 0.15) is 0 Å². The second-order valence-corrected chi connectivity index (χ2v) is 6.60. The topological polar surface area (TPSA) is 136 Å². The van der Waals surface area contributed by atoms with Crippen molar-refractivity contribution in [3.8, 4) is 0 Å². The fraction of sp³-hybridized carbons (Fsp3) is 0.0526. The van der Waals surface area contributed by atoms with E-state index in [0.29, 0.717) is 0 Å². The van der Waals surface area contributed by atoms with Crippen molar-refractivity contribution in [1.29, 1.82) is 0 Å². The molecule has 0 fully saturated rings. The van der Waals surface area contributed by atoms with Gasteiger partial charge in [-0.05, 0) is 53.6 Å². The van der Waals surface area contributed by atoms with Gasteiger partial charge in [0, 0.05) is 0 Å². The molecule has 0 saturated carbocycles. The molecule has 0 atom stereocenters. The third-order valence-corrected chi connectivity index (χ3v) is 3.65. The van der Waals surface area contributed by atoms with Gasteiger partial charge in [0.25, 0.3) is 0 Å². The molecule has 0 aliphatic heterocycles. The summed E-state index contributed by atoms with van der Waals surface area (Å²) in [4.78, 5) is 10.8. The fourth-order valence-electron chi connectivity index (χ4n) is 2.31. The summed E-state index contributed by atoms with van der Waals surface area (Å²) in [5, 5.41) is 15.6. The van der Waals surface area contributed by atoms with Gasteiger partial charge in [-0.25, -0.2) is 4.79 Å². The van der Waals surface area contributed by atoms with Crippen LogP contribution >= 0.6 is 0 Å². The van der Waals surface area contributed by atoms with Gasteiger partial charge in [-0.3, -0.25) is 14.5 Å². The number of carboxylic acid groups (broad SMARTS) is 1. The third-order valence-electron chi connectivity index (χ3n) is 3.65. The molecule has 0 radical (unpaired) electrons. The number of rotatable bonds is 4. The summed E-state index contributed by atoms with van der Waals surface area (Å²) in [5.41, 5.74) is 5.85. The first kappa shape index (κ1) is 21.0. The van der Waals surface area contributed by atoms with Crippen LogP contribution in [0.3, 0.4) is 0 Å². The maximum absolute atomic E-state index is 10.8. The van der Waals surface area contributed by atoms with E-state index in [1.54, 1.807) is 24.3 Å². The van der Waals surface area contributed by atoms with Crippen molar-refractivity contribution in [2.75, 3.05) is 5.43 Å². The molecule has 0 heterocycles. The Labute approximate surface area is 161 Å². The zero-order valence-electron chi connectivity index (χ0n) is 14.8. The summed E-state index contributed by atoms with van der Waals surface area (Å²) >= 11 is 0. The van der Waals surface area contributed by atoms with Crippen molar-refractivity contribution in [3.05, 3.63) is 77.9 Å². The highest BCUT2D eigenvalue weighted by atomic mass is 32.3. The number of carbonyl (C=O) groups is 1. The first-order valence-electron chi connectivity index (χ1n) is 7.96. The van der Waals surface area contributed by atoms with Crippen LogP contribution in [-0.2, 0) is 10.4 Å². The number of hydrogen-bond donors (Lipinski definition) is 4. The van der Waals surface area contributed by atoms with Gasteiger partial charge in [-0.15, -0.1) is 0 Å². The first-order chi connectivity index (χ1) is 13.1. The van der Waals surface area contributed by atoms with Crippen LogP contribution < -0.4 is 5.43 Å². The van der Waals surface area contributed by atoms with E-state index in [0.717, 1.165) is 17.0 Å². The highest BCUT2D eigenvalue weighted by molar-refractivity contribution is 7.79. The van der Waals surface area contributed by atoms with Crippen molar-refractivity contribution >= 4 is 38.5 Å². The highest BCUT2D eigenvalue weighted by Crippen LogP contribution is 2.16. The van der Waals surface area contributed by atoms with Crippen LogP contribution in [0.25, 0.3) is 10.8 Å². The molecule has 146 valence electrons. The van der Waals surface area contributed by atoms with Crippen molar-refractivity contribution in [2.45, 2.75) is 6.92 Å².